The molecule has 0 unspecified atom stereocenters. The van der Waals surface area contributed by atoms with Gasteiger partial charge in [0, 0.05) is 0 Å². The van der Waals surface area contributed by atoms with Crippen LogP contribution < -0.4 is 9.47 Å². The van der Waals surface area contributed by atoms with Crippen LogP contribution in [0.2, 0.25) is 10.0 Å². The van der Waals surface area contributed by atoms with E-state index < -0.39 is 11.9 Å². The van der Waals surface area contributed by atoms with E-state index in [9.17, 15) is 9.59 Å². The van der Waals surface area contributed by atoms with Gasteiger partial charge < -0.3 is 14.2 Å². The number of ether oxygens (including phenoxy) is 3. The maximum atomic E-state index is 12.6. The van der Waals surface area contributed by atoms with E-state index in [-0.39, 0.29) is 28.1 Å². The fraction of sp³-hybridized carbons (Fsp3) is 0.0800. The van der Waals surface area contributed by atoms with Gasteiger partial charge >= 0.3 is 11.9 Å². The van der Waals surface area contributed by atoms with Crippen molar-refractivity contribution in [3.8, 4) is 11.5 Å². The summed E-state index contributed by atoms with van der Waals surface area (Å²) in [6.45, 7) is 1.81. The van der Waals surface area contributed by atoms with E-state index in [1.807, 2.05) is 19.1 Å². The number of carbonyl (C=O) groups excluding carboxylic acids is 2. The average Bonchev–Trinajstić information content (AvgIpc) is 3.15. The Morgan fingerprint density at radius 3 is 2.48 bits per heavy atom. The summed E-state index contributed by atoms with van der Waals surface area (Å²) in [5.41, 5.74) is 2.25. The van der Waals surface area contributed by atoms with Gasteiger partial charge in [-0.2, -0.15) is 0 Å². The topological polar surface area (TPSA) is 74.2 Å². The van der Waals surface area contributed by atoms with Crippen molar-refractivity contribution < 1.29 is 23.8 Å². The van der Waals surface area contributed by atoms with Gasteiger partial charge in [-0.1, -0.05) is 53.5 Å². The Labute approximate surface area is 200 Å². The number of nitrogens with zero attached hydrogens (tertiary/aromatic N) is 1. The Bertz CT molecular complexity index is 1330. The lowest BCUT2D eigenvalue weighted by Gasteiger charge is -2.13. The quantitative estimate of drug-likeness (QED) is 0.258. The highest BCUT2D eigenvalue weighted by Crippen LogP contribution is 2.38. The van der Waals surface area contributed by atoms with Crippen LogP contribution in [0.5, 0.6) is 11.5 Å². The zero-order chi connectivity index (χ0) is 23.5. The smallest absolute Gasteiger partial charge is 0.363 e. The summed E-state index contributed by atoms with van der Waals surface area (Å²) in [6, 6.07) is 17.1. The second kappa shape index (κ2) is 9.48. The van der Waals surface area contributed by atoms with Crippen molar-refractivity contribution in [2.24, 2.45) is 4.99 Å². The van der Waals surface area contributed by atoms with Gasteiger partial charge in [0.2, 0.25) is 5.90 Å². The van der Waals surface area contributed by atoms with Crippen molar-refractivity contribution in [2.45, 2.75) is 6.92 Å². The highest BCUT2D eigenvalue weighted by atomic mass is 35.5. The minimum absolute atomic E-state index is 0.0627. The summed E-state index contributed by atoms with van der Waals surface area (Å²) in [5, 5.41) is 0.541. The predicted octanol–water partition coefficient (Wildman–Crippen LogP) is 5.87. The summed E-state index contributed by atoms with van der Waals surface area (Å²) in [4.78, 5) is 29.2. The van der Waals surface area contributed by atoms with Crippen molar-refractivity contribution in [1.82, 2.24) is 0 Å². The third-order valence-corrected chi connectivity index (χ3v) is 5.45. The van der Waals surface area contributed by atoms with Crippen LogP contribution in [-0.4, -0.2) is 24.9 Å². The Balaban J connectivity index is 1.65. The highest BCUT2D eigenvalue weighted by Gasteiger charge is 2.26. The van der Waals surface area contributed by atoms with Crippen molar-refractivity contribution in [1.29, 1.82) is 0 Å². The summed E-state index contributed by atoms with van der Waals surface area (Å²) in [6.07, 6.45) is 1.49. The van der Waals surface area contributed by atoms with Gasteiger partial charge in [0.15, 0.2) is 17.2 Å². The highest BCUT2D eigenvalue weighted by molar-refractivity contribution is 6.34. The van der Waals surface area contributed by atoms with Crippen LogP contribution in [0.25, 0.3) is 6.08 Å². The molecule has 0 fully saturated rings. The lowest BCUT2D eigenvalue weighted by Crippen LogP contribution is -2.11. The summed E-state index contributed by atoms with van der Waals surface area (Å²) < 4.78 is 16.1. The van der Waals surface area contributed by atoms with E-state index in [0.29, 0.717) is 21.7 Å². The normalized spacial score (nSPS) is 14.1. The molecule has 0 atom stereocenters. The number of benzene rings is 3. The monoisotopic (exact) mass is 481 g/mol. The molecule has 8 heteroatoms. The molecule has 0 aliphatic carbocycles. The average molecular weight is 482 g/mol. The number of cyclic esters (lactones) is 1. The molecule has 0 radical (unpaired) electrons. The van der Waals surface area contributed by atoms with Crippen molar-refractivity contribution in [2.75, 3.05) is 7.11 Å². The number of hydrogen-bond acceptors (Lipinski definition) is 6. The molecule has 0 amide bonds. The molecule has 6 nitrogen and oxygen atoms in total. The second-order valence-electron chi connectivity index (χ2n) is 7.05. The molecule has 0 N–H and O–H groups in total. The SMILES string of the molecule is COc1cc(/C=C2\N=C(c3ccccc3Cl)OC2=O)cc(Cl)c1OC(=O)c1ccccc1C. The molecule has 4 rings (SSSR count). The van der Waals surface area contributed by atoms with Crippen molar-refractivity contribution >= 4 is 47.1 Å². The van der Waals surface area contributed by atoms with Crippen LogP contribution >= 0.6 is 23.2 Å². The van der Waals surface area contributed by atoms with Crippen molar-refractivity contribution in [3.05, 3.63) is 98.7 Å². The third-order valence-electron chi connectivity index (χ3n) is 4.84. The van der Waals surface area contributed by atoms with E-state index >= 15 is 0 Å². The van der Waals surface area contributed by atoms with Gasteiger partial charge in [-0.3, -0.25) is 0 Å². The number of esters is 2. The van der Waals surface area contributed by atoms with Gasteiger partial charge in [-0.15, -0.1) is 0 Å². The van der Waals surface area contributed by atoms with Gasteiger partial charge in [0.25, 0.3) is 0 Å². The molecule has 0 saturated heterocycles. The fourth-order valence-corrected chi connectivity index (χ4v) is 3.66. The molecule has 3 aromatic carbocycles. The van der Waals surface area contributed by atoms with Crippen LogP contribution in [0.3, 0.4) is 0 Å². The molecule has 0 saturated carbocycles. The fourth-order valence-electron chi connectivity index (χ4n) is 3.19. The first-order valence-corrected chi connectivity index (χ1v) is 10.6. The molecule has 166 valence electrons. The number of halogens is 2. The molecule has 3 aromatic rings. The number of carbonyl (C=O) groups is 2. The molecule has 1 heterocycles. The Morgan fingerprint density at radius 1 is 1.03 bits per heavy atom. The Kier molecular flexibility index (Phi) is 6.49. The van der Waals surface area contributed by atoms with Gasteiger partial charge in [0.05, 0.1) is 28.3 Å². The lowest BCUT2D eigenvalue weighted by molar-refractivity contribution is -0.129. The van der Waals surface area contributed by atoms with Crippen LogP contribution in [0.4, 0.5) is 0 Å². The lowest BCUT2D eigenvalue weighted by atomic mass is 10.1. The number of hydrogen-bond donors (Lipinski definition) is 0. The minimum atomic E-state index is -0.630. The van der Waals surface area contributed by atoms with Gasteiger partial charge in [-0.05, 0) is 54.5 Å². The van der Waals surface area contributed by atoms with E-state index in [0.717, 1.165) is 5.56 Å². The molecular formula is C25H17Cl2NO5. The third kappa shape index (κ3) is 4.77. The minimum Gasteiger partial charge on any atom is -0.493 e. The van der Waals surface area contributed by atoms with Crippen LogP contribution in [0.15, 0.2) is 71.4 Å². The maximum absolute atomic E-state index is 12.6. The Morgan fingerprint density at radius 2 is 1.76 bits per heavy atom. The summed E-state index contributed by atoms with van der Waals surface area (Å²) in [5.74, 6) is -0.789. The number of aliphatic imine (C=N–C) groups is 1. The first-order chi connectivity index (χ1) is 15.9. The molecule has 1 aliphatic rings. The zero-order valence-electron chi connectivity index (χ0n) is 17.6. The number of methoxy groups -OCH3 is 1. The maximum Gasteiger partial charge on any atom is 0.363 e. The molecule has 33 heavy (non-hydrogen) atoms. The first-order valence-electron chi connectivity index (χ1n) is 9.80. The van der Waals surface area contributed by atoms with Gasteiger partial charge in [0.1, 0.15) is 0 Å². The molecular weight excluding hydrogens is 465 g/mol. The first kappa shape index (κ1) is 22.6. The van der Waals surface area contributed by atoms with E-state index in [2.05, 4.69) is 4.99 Å². The zero-order valence-corrected chi connectivity index (χ0v) is 19.1. The van der Waals surface area contributed by atoms with E-state index in [4.69, 9.17) is 37.4 Å². The summed E-state index contributed by atoms with van der Waals surface area (Å²) >= 11 is 12.6. The number of aryl methyl sites for hydroxylation is 1. The standard InChI is InChI=1S/C25H17Cl2NO5/c1-14-7-3-4-8-16(14)24(29)32-22-19(27)11-15(13-21(22)31-2)12-20-25(30)33-23(28-20)17-9-5-6-10-18(17)26/h3-13H,1-2H3/b20-12-. The number of rotatable bonds is 5. The van der Waals surface area contributed by atoms with Crippen molar-refractivity contribution in [3.63, 3.8) is 0 Å². The van der Waals surface area contributed by atoms with Gasteiger partial charge in [-0.25, -0.2) is 14.6 Å². The predicted molar refractivity (Wildman–Crippen MR) is 126 cm³/mol. The van der Waals surface area contributed by atoms with Crippen LogP contribution in [0.1, 0.15) is 27.0 Å². The van der Waals surface area contributed by atoms with Crippen LogP contribution in [-0.2, 0) is 9.53 Å². The summed E-state index contributed by atoms with van der Waals surface area (Å²) in [7, 11) is 1.42. The molecule has 0 bridgehead atoms. The molecule has 1 aliphatic heterocycles. The molecule has 0 aromatic heterocycles. The van der Waals surface area contributed by atoms with Crippen LogP contribution in [0, 0.1) is 6.92 Å². The van der Waals surface area contributed by atoms with E-state index in [1.54, 1.807) is 42.5 Å². The largest absolute Gasteiger partial charge is 0.493 e. The van der Waals surface area contributed by atoms with E-state index in [1.165, 1.54) is 19.3 Å². The molecule has 0 spiro atoms. The Hall–Kier alpha value is -3.61. The second-order valence-corrected chi connectivity index (χ2v) is 7.87.